The maximum atomic E-state index is 12.4. The zero-order chi connectivity index (χ0) is 20.1. The first-order valence-electron chi connectivity index (χ1n) is 9.07. The molecule has 4 aromatic rings. The molecule has 3 heterocycles. The fourth-order valence-electron chi connectivity index (χ4n) is 2.71. The maximum Gasteiger partial charge on any atom is 0.291 e. The number of carbonyl (C=O) groups excluding carboxylic acids is 1. The zero-order valence-electron chi connectivity index (χ0n) is 15.8. The van der Waals surface area contributed by atoms with Crippen LogP contribution in [-0.2, 0) is 13.0 Å². The lowest BCUT2D eigenvalue weighted by atomic mass is 10.2. The highest BCUT2D eigenvalue weighted by Gasteiger charge is 2.12. The van der Waals surface area contributed by atoms with Gasteiger partial charge in [-0.25, -0.2) is 4.98 Å². The Kier molecular flexibility index (Phi) is 5.54. The second kappa shape index (κ2) is 8.59. The van der Waals surface area contributed by atoms with Crippen LogP contribution in [0, 0.1) is 18.8 Å². The van der Waals surface area contributed by atoms with E-state index in [-0.39, 0.29) is 11.7 Å². The summed E-state index contributed by atoms with van der Waals surface area (Å²) in [5, 5.41) is 7.09. The lowest BCUT2D eigenvalue weighted by Gasteiger charge is -2.01. The first-order chi connectivity index (χ1) is 14.2. The van der Waals surface area contributed by atoms with E-state index in [0.717, 1.165) is 24.2 Å². The minimum atomic E-state index is -0.337. The minimum Gasteiger partial charge on any atom is -0.443 e. The van der Waals surface area contributed by atoms with Crippen molar-refractivity contribution < 1.29 is 9.21 Å². The van der Waals surface area contributed by atoms with Crippen LogP contribution in [-0.4, -0.2) is 20.7 Å². The van der Waals surface area contributed by atoms with Gasteiger partial charge >= 0.3 is 0 Å². The van der Waals surface area contributed by atoms with E-state index < -0.39 is 0 Å². The first-order valence-corrected chi connectivity index (χ1v) is 9.95. The fraction of sp³-hybridized carbons (Fsp3) is 0.136. The van der Waals surface area contributed by atoms with E-state index in [0.29, 0.717) is 11.4 Å². The van der Waals surface area contributed by atoms with Crippen molar-refractivity contribution in [1.29, 1.82) is 0 Å². The van der Waals surface area contributed by atoms with Crippen LogP contribution < -0.4 is 5.32 Å². The van der Waals surface area contributed by atoms with Crippen molar-refractivity contribution in [1.82, 2.24) is 14.8 Å². The maximum absolute atomic E-state index is 12.4. The summed E-state index contributed by atoms with van der Waals surface area (Å²) in [7, 11) is 0. The summed E-state index contributed by atoms with van der Waals surface area (Å²) < 4.78 is 7.34. The van der Waals surface area contributed by atoms with Gasteiger partial charge in [-0.3, -0.25) is 9.48 Å². The van der Waals surface area contributed by atoms with Gasteiger partial charge in [0.1, 0.15) is 0 Å². The number of hydrogen-bond acceptors (Lipinski definition) is 5. The highest BCUT2D eigenvalue weighted by atomic mass is 32.1. The number of benzene rings is 1. The van der Waals surface area contributed by atoms with Crippen molar-refractivity contribution in [2.75, 3.05) is 5.32 Å². The van der Waals surface area contributed by atoms with E-state index in [9.17, 15) is 4.79 Å². The smallest absolute Gasteiger partial charge is 0.291 e. The second-order valence-electron chi connectivity index (χ2n) is 6.34. The van der Waals surface area contributed by atoms with Gasteiger partial charge < -0.3 is 9.73 Å². The van der Waals surface area contributed by atoms with Crippen LogP contribution in [0.2, 0.25) is 0 Å². The van der Waals surface area contributed by atoms with Gasteiger partial charge in [-0.05, 0) is 37.1 Å². The number of hydrogen-bond donors (Lipinski definition) is 1. The predicted molar refractivity (Wildman–Crippen MR) is 112 cm³/mol. The Morgan fingerprint density at radius 1 is 1.21 bits per heavy atom. The van der Waals surface area contributed by atoms with Crippen molar-refractivity contribution >= 4 is 22.9 Å². The van der Waals surface area contributed by atoms with E-state index in [2.05, 4.69) is 27.2 Å². The van der Waals surface area contributed by atoms with Crippen LogP contribution in [0.1, 0.15) is 32.4 Å². The summed E-state index contributed by atoms with van der Waals surface area (Å²) in [5.74, 6) is 6.23. The van der Waals surface area contributed by atoms with Gasteiger partial charge in [0, 0.05) is 29.6 Å². The van der Waals surface area contributed by atoms with Crippen LogP contribution in [0.25, 0.3) is 0 Å². The van der Waals surface area contributed by atoms with Crippen molar-refractivity contribution in [3.8, 4) is 11.8 Å². The van der Waals surface area contributed by atoms with Gasteiger partial charge in [0.2, 0.25) is 0 Å². The van der Waals surface area contributed by atoms with E-state index in [1.807, 2.05) is 42.8 Å². The highest BCUT2D eigenvalue weighted by Crippen LogP contribution is 2.15. The van der Waals surface area contributed by atoms with Gasteiger partial charge in [-0.15, -0.1) is 11.3 Å². The molecular weight excluding hydrogens is 384 g/mol. The molecule has 0 saturated carbocycles. The molecule has 0 aliphatic heterocycles. The largest absolute Gasteiger partial charge is 0.443 e. The first kappa shape index (κ1) is 18.7. The van der Waals surface area contributed by atoms with Crippen molar-refractivity contribution in [3.63, 3.8) is 0 Å². The van der Waals surface area contributed by atoms with Crippen molar-refractivity contribution in [2.24, 2.45) is 0 Å². The van der Waals surface area contributed by atoms with Crippen molar-refractivity contribution in [3.05, 3.63) is 88.0 Å². The Balaban J connectivity index is 1.35. The Labute approximate surface area is 172 Å². The van der Waals surface area contributed by atoms with Gasteiger partial charge in [-0.2, -0.15) is 5.10 Å². The van der Waals surface area contributed by atoms with Gasteiger partial charge in [0.25, 0.3) is 5.91 Å². The molecule has 0 atom stereocenters. The van der Waals surface area contributed by atoms with Crippen molar-refractivity contribution in [2.45, 2.75) is 19.9 Å². The SMILES string of the molecule is Cc1ncsc1CCn1cc(NC(=O)c2ccc(C#Cc3ccccc3)o2)cn1. The third-order valence-corrected chi connectivity index (χ3v) is 5.23. The fourth-order valence-corrected chi connectivity index (χ4v) is 3.48. The number of rotatable bonds is 5. The number of thiazole rings is 1. The molecule has 0 aliphatic rings. The minimum absolute atomic E-state index is 0.204. The number of carbonyl (C=O) groups is 1. The molecule has 3 aromatic heterocycles. The number of furan rings is 1. The van der Waals surface area contributed by atoms with Gasteiger partial charge in [0.15, 0.2) is 11.5 Å². The molecule has 4 rings (SSSR count). The Morgan fingerprint density at radius 3 is 2.86 bits per heavy atom. The number of aryl methyl sites for hydroxylation is 3. The molecule has 1 aromatic carbocycles. The quantitative estimate of drug-likeness (QED) is 0.509. The Morgan fingerprint density at radius 2 is 2.07 bits per heavy atom. The molecule has 29 heavy (non-hydrogen) atoms. The molecule has 0 aliphatic carbocycles. The zero-order valence-corrected chi connectivity index (χ0v) is 16.6. The van der Waals surface area contributed by atoms with Crippen LogP contribution >= 0.6 is 11.3 Å². The number of nitrogens with one attached hydrogen (secondary N) is 1. The van der Waals surface area contributed by atoms with E-state index >= 15 is 0 Å². The molecule has 0 spiro atoms. The van der Waals surface area contributed by atoms with Crippen LogP contribution in [0.3, 0.4) is 0 Å². The number of nitrogens with zero attached hydrogens (tertiary/aromatic N) is 3. The topological polar surface area (TPSA) is 73.0 Å². The molecule has 0 unspecified atom stereocenters. The highest BCUT2D eigenvalue weighted by molar-refractivity contribution is 7.09. The second-order valence-corrected chi connectivity index (χ2v) is 7.28. The van der Waals surface area contributed by atoms with Gasteiger partial charge in [-0.1, -0.05) is 24.1 Å². The number of anilines is 1. The molecule has 1 N–H and O–H groups in total. The summed E-state index contributed by atoms with van der Waals surface area (Å²) >= 11 is 1.64. The third kappa shape index (κ3) is 4.81. The summed E-state index contributed by atoms with van der Waals surface area (Å²) in [6, 6.07) is 12.9. The number of aromatic nitrogens is 3. The summed E-state index contributed by atoms with van der Waals surface area (Å²) in [4.78, 5) is 17.9. The van der Waals surface area contributed by atoms with Crippen LogP contribution in [0.4, 0.5) is 5.69 Å². The van der Waals surface area contributed by atoms with Crippen LogP contribution in [0.5, 0.6) is 0 Å². The molecule has 1 amide bonds. The van der Waals surface area contributed by atoms with E-state index in [1.165, 1.54) is 4.88 Å². The normalized spacial score (nSPS) is 10.4. The molecule has 0 radical (unpaired) electrons. The standard InChI is InChI=1S/C22H18N4O2S/c1-16-21(29-15-23-16)11-12-26-14-18(13-24-26)25-22(27)20-10-9-19(28-20)8-7-17-5-3-2-4-6-17/h2-6,9-10,13-15H,11-12H2,1H3,(H,25,27). The average Bonchev–Trinajstić information content (AvgIpc) is 3.47. The third-order valence-electron chi connectivity index (χ3n) is 4.24. The monoisotopic (exact) mass is 402 g/mol. The lowest BCUT2D eigenvalue weighted by Crippen LogP contribution is -2.10. The molecule has 144 valence electrons. The summed E-state index contributed by atoms with van der Waals surface area (Å²) in [5.41, 5.74) is 4.40. The molecule has 0 fully saturated rings. The molecule has 7 heteroatoms. The Hall–Kier alpha value is -3.63. The molecule has 6 nitrogen and oxygen atoms in total. The lowest BCUT2D eigenvalue weighted by molar-refractivity contribution is 0.0996. The van der Waals surface area contributed by atoms with Crippen LogP contribution in [0.15, 0.2) is 64.8 Å². The van der Waals surface area contributed by atoms with E-state index in [1.54, 1.807) is 40.5 Å². The molecular formula is C22H18N4O2S. The van der Waals surface area contributed by atoms with E-state index in [4.69, 9.17) is 4.42 Å². The number of amides is 1. The predicted octanol–water partition coefficient (Wildman–Crippen LogP) is 4.14. The molecule has 0 saturated heterocycles. The summed E-state index contributed by atoms with van der Waals surface area (Å²) in [6.07, 6.45) is 4.27. The van der Waals surface area contributed by atoms with Gasteiger partial charge in [0.05, 0.1) is 23.1 Å². The molecule has 0 bridgehead atoms. The average molecular weight is 402 g/mol. The Bertz CT molecular complexity index is 1180. The summed E-state index contributed by atoms with van der Waals surface area (Å²) in [6.45, 7) is 2.72.